The van der Waals surface area contributed by atoms with Gasteiger partial charge in [-0.25, -0.2) is 0 Å². The lowest BCUT2D eigenvalue weighted by molar-refractivity contribution is 0.435. The average Bonchev–Trinajstić information content (AvgIpc) is 2.98. The second kappa shape index (κ2) is 3.57. The van der Waals surface area contributed by atoms with Gasteiger partial charge in [0.05, 0.1) is 0 Å². The predicted molar refractivity (Wildman–Crippen MR) is 70.2 cm³/mol. The van der Waals surface area contributed by atoms with Gasteiger partial charge in [0.1, 0.15) is 5.69 Å². The summed E-state index contributed by atoms with van der Waals surface area (Å²) < 4.78 is 5.54. The van der Waals surface area contributed by atoms with Crippen molar-refractivity contribution in [3.8, 4) is 22.6 Å². The van der Waals surface area contributed by atoms with Crippen LogP contribution in [0.5, 0.6) is 0 Å². The Morgan fingerprint density at radius 1 is 0.889 bits per heavy atom. The molecule has 0 aliphatic heterocycles. The third-order valence-corrected chi connectivity index (χ3v) is 3.46. The maximum Gasteiger partial charge on any atom is 0.171 e. The quantitative estimate of drug-likeness (QED) is 0.498. The van der Waals surface area contributed by atoms with Crippen molar-refractivity contribution in [3.63, 3.8) is 0 Å². The van der Waals surface area contributed by atoms with E-state index < -0.39 is 0 Å². The van der Waals surface area contributed by atoms with Gasteiger partial charge in [0.2, 0.25) is 0 Å². The molecule has 0 spiro atoms. The second-order valence-electron chi connectivity index (χ2n) is 4.54. The summed E-state index contributed by atoms with van der Waals surface area (Å²) in [5.41, 5.74) is 5.81. The molecule has 4 rings (SSSR count). The van der Waals surface area contributed by atoms with Crippen LogP contribution in [0.3, 0.4) is 0 Å². The van der Waals surface area contributed by atoms with Gasteiger partial charge in [0.25, 0.3) is 0 Å². The Balaban J connectivity index is 1.91. The summed E-state index contributed by atoms with van der Waals surface area (Å²) in [4.78, 5) is 0. The minimum absolute atomic E-state index is 0.916. The molecule has 0 N–H and O–H groups in total. The SMILES string of the molecule is c1ccc(-c2noc3c2Cc2ccccc2-3)cc1. The number of fused-ring (bicyclic) bond motifs is 3. The molecule has 1 heterocycles. The third-order valence-electron chi connectivity index (χ3n) is 3.46. The molecule has 2 aromatic carbocycles. The Hall–Kier alpha value is -2.35. The molecular weight excluding hydrogens is 222 g/mol. The van der Waals surface area contributed by atoms with E-state index in [9.17, 15) is 0 Å². The first-order chi connectivity index (χ1) is 8.93. The van der Waals surface area contributed by atoms with Crippen molar-refractivity contribution in [1.29, 1.82) is 0 Å². The fourth-order valence-electron chi connectivity index (χ4n) is 2.59. The zero-order valence-corrected chi connectivity index (χ0v) is 9.76. The highest BCUT2D eigenvalue weighted by molar-refractivity contribution is 5.79. The number of nitrogens with zero attached hydrogens (tertiary/aromatic N) is 1. The molecule has 0 saturated heterocycles. The van der Waals surface area contributed by atoms with Crippen LogP contribution in [0.4, 0.5) is 0 Å². The van der Waals surface area contributed by atoms with Crippen molar-refractivity contribution in [2.24, 2.45) is 0 Å². The summed E-state index contributed by atoms with van der Waals surface area (Å²) in [7, 11) is 0. The summed E-state index contributed by atoms with van der Waals surface area (Å²) in [5.74, 6) is 0.935. The molecule has 0 unspecified atom stereocenters. The lowest BCUT2D eigenvalue weighted by atomic mass is 10.1. The molecule has 0 radical (unpaired) electrons. The maximum atomic E-state index is 5.54. The van der Waals surface area contributed by atoms with E-state index in [1.54, 1.807) is 0 Å². The van der Waals surface area contributed by atoms with E-state index in [0.717, 1.165) is 23.4 Å². The first-order valence-corrected chi connectivity index (χ1v) is 6.06. The molecule has 0 fully saturated rings. The minimum Gasteiger partial charge on any atom is -0.355 e. The van der Waals surface area contributed by atoms with Crippen LogP contribution < -0.4 is 0 Å². The van der Waals surface area contributed by atoms with Crippen LogP contribution >= 0.6 is 0 Å². The highest BCUT2D eigenvalue weighted by Crippen LogP contribution is 2.41. The largest absolute Gasteiger partial charge is 0.355 e. The van der Waals surface area contributed by atoms with Crippen molar-refractivity contribution in [2.45, 2.75) is 6.42 Å². The Morgan fingerprint density at radius 2 is 1.67 bits per heavy atom. The van der Waals surface area contributed by atoms with Gasteiger partial charge in [0.15, 0.2) is 5.76 Å². The fraction of sp³-hybridized carbons (Fsp3) is 0.0625. The van der Waals surface area contributed by atoms with Crippen molar-refractivity contribution >= 4 is 0 Å². The zero-order chi connectivity index (χ0) is 11.9. The average molecular weight is 233 g/mol. The van der Waals surface area contributed by atoms with E-state index >= 15 is 0 Å². The topological polar surface area (TPSA) is 26.0 Å². The van der Waals surface area contributed by atoms with E-state index in [1.807, 2.05) is 24.3 Å². The summed E-state index contributed by atoms with van der Waals surface area (Å²) in [5, 5.41) is 4.23. The number of benzene rings is 2. The van der Waals surface area contributed by atoms with Gasteiger partial charge in [-0.2, -0.15) is 0 Å². The van der Waals surface area contributed by atoms with Gasteiger partial charge in [-0.05, 0) is 5.56 Å². The maximum absolute atomic E-state index is 5.54. The molecule has 0 saturated carbocycles. The standard InChI is InChI=1S/C16H11NO/c1-2-6-11(7-3-1)15-14-10-12-8-4-5-9-13(12)16(14)18-17-15/h1-9H,10H2. The fourth-order valence-corrected chi connectivity index (χ4v) is 2.59. The number of aromatic nitrogens is 1. The van der Waals surface area contributed by atoms with Gasteiger partial charge in [-0.3, -0.25) is 0 Å². The molecule has 86 valence electrons. The summed E-state index contributed by atoms with van der Waals surface area (Å²) in [6.07, 6.45) is 0.916. The van der Waals surface area contributed by atoms with Crippen LogP contribution in [0.2, 0.25) is 0 Å². The van der Waals surface area contributed by atoms with Gasteiger partial charge in [-0.15, -0.1) is 0 Å². The molecule has 2 nitrogen and oxygen atoms in total. The van der Waals surface area contributed by atoms with Gasteiger partial charge < -0.3 is 4.52 Å². The van der Waals surface area contributed by atoms with Crippen LogP contribution in [-0.4, -0.2) is 5.16 Å². The van der Waals surface area contributed by atoms with Gasteiger partial charge >= 0.3 is 0 Å². The zero-order valence-electron chi connectivity index (χ0n) is 9.76. The first kappa shape index (κ1) is 9.66. The van der Waals surface area contributed by atoms with E-state index in [4.69, 9.17) is 4.52 Å². The molecule has 1 aliphatic rings. The Morgan fingerprint density at radius 3 is 2.56 bits per heavy atom. The van der Waals surface area contributed by atoms with Crippen molar-refractivity contribution in [2.75, 3.05) is 0 Å². The lowest BCUT2D eigenvalue weighted by Crippen LogP contribution is -1.85. The Bertz CT molecular complexity index is 713. The third kappa shape index (κ3) is 1.26. The Kier molecular flexibility index (Phi) is 1.92. The molecule has 1 aliphatic carbocycles. The van der Waals surface area contributed by atoms with E-state index in [1.165, 1.54) is 16.7 Å². The number of hydrogen-bond acceptors (Lipinski definition) is 2. The van der Waals surface area contributed by atoms with Crippen LogP contribution in [-0.2, 0) is 6.42 Å². The highest BCUT2D eigenvalue weighted by Gasteiger charge is 2.26. The van der Waals surface area contributed by atoms with Crippen molar-refractivity contribution in [3.05, 3.63) is 65.7 Å². The van der Waals surface area contributed by atoms with E-state index in [2.05, 4.69) is 35.5 Å². The van der Waals surface area contributed by atoms with Crippen LogP contribution in [0.25, 0.3) is 22.6 Å². The minimum atomic E-state index is 0.916. The van der Waals surface area contributed by atoms with Gasteiger partial charge in [-0.1, -0.05) is 59.8 Å². The first-order valence-electron chi connectivity index (χ1n) is 6.06. The summed E-state index contributed by atoms with van der Waals surface area (Å²) in [6, 6.07) is 18.6. The van der Waals surface area contributed by atoms with Gasteiger partial charge in [0, 0.05) is 23.1 Å². The molecule has 1 aromatic heterocycles. The molecule has 3 aromatic rings. The van der Waals surface area contributed by atoms with E-state index in [-0.39, 0.29) is 0 Å². The molecule has 0 atom stereocenters. The molecule has 0 bridgehead atoms. The van der Waals surface area contributed by atoms with Crippen LogP contribution in [0.15, 0.2) is 59.1 Å². The highest BCUT2D eigenvalue weighted by atomic mass is 16.5. The predicted octanol–water partition coefficient (Wildman–Crippen LogP) is 3.91. The van der Waals surface area contributed by atoms with E-state index in [0.29, 0.717) is 0 Å². The number of rotatable bonds is 1. The summed E-state index contributed by atoms with van der Waals surface area (Å²) in [6.45, 7) is 0. The number of hydrogen-bond donors (Lipinski definition) is 0. The lowest BCUT2D eigenvalue weighted by Gasteiger charge is -1.98. The normalized spacial score (nSPS) is 12.2. The smallest absolute Gasteiger partial charge is 0.171 e. The van der Waals surface area contributed by atoms with Crippen molar-refractivity contribution < 1.29 is 4.52 Å². The molecule has 2 heteroatoms. The monoisotopic (exact) mass is 233 g/mol. The molecule has 18 heavy (non-hydrogen) atoms. The molecule has 0 amide bonds. The van der Waals surface area contributed by atoms with Crippen molar-refractivity contribution in [1.82, 2.24) is 5.16 Å². The summed E-state index contributed by atoms with van der Waals surface area (Å²) >= 11 is 0. The molecular formula is C16H11NO. The second-order valence-corrected chi connectivity index (χ2v) is 4.54. The van der Waals surface area contributed by atoms with Crippen LogP contribution in [0.1, 0.15) is 11.1 Å². The Labute approximate surface area is 105 Å². The van der Waals surface area contributed by atoms with Crippen LogP contribution in [0, 0.1) is 0 Å².